The summed E-state index contributed by atoms with van der Waals surface area (Å²) < 4.78 is 4.04. The topological polar surface area (TPSA) is 3.88 Å². The van der Waals surface area contributed by atoms with Gasteiger partial charge >= 0.3 is 0 Å². The van der Waals surface area contributed by atoms with Crippen LogP contribution >= 0.6 is 11.3 Å². The minimum Gasteiger partial charge on any atom is -0.184 e. The van der Waals surface area contributed by atoms with Crippen molar-refractivity contribution < 1.29 is 4.57 Å². The number of hydrogen-bond donors (Lipinski definition) is 0. The summed E-state index contributed by atoms with van der Waals surface area (Å²) in [5.74, 6) is 0. The van der Waals surface area contributed by atoms with Gasteiger partial charge in [-0.05, 0) is 29.8 Å². The van der Waals surface area contributed by atoms with E-state index in [-0.39, 0.29) is 0 Å². The lowest BCUT2D eigenvalue weighted by molar-refractivity contribution is -0.644. The lowest BCUT2D eigenvalue weighted by atomic mass is 10.1. The molecule has 0 radical (unpaired) electrons. The third-order valence-corrected chi connectivity index (χ3v) is 10.9. The standard InChI is InChI=1S/C19H20NSSi/c1-13-9-5-6-10-14(13)18-20(2)17-15-11-7-8-12-16(15)22(3,4)19(17)21-18/h5-12H,1-4H3/q+1. The average Bonchev–Trinajstić information content (AvgIpc) is 2.96. The smallest absolute Gasteiger partial charge is 0.184 e. The van der Waals surface area contributed by atoms with E-state index in [1.54, 1.807) is 9.69 Å². The highest BCUT2D eigenvalue weighted by atomic mass is 32.1. The lowest BCUT2D eigenvalue weighted by Gasteiger charge is -2.15. The number of rotatable bonds is 1. The van der Waals surface area contributed by atoms with Crippen molar-refractivity contribution in [1.82, 2.24) is 0 Å². The van der Waals surface area contributed by atoms with Gasteiger partial charge in [0.15, 0.2) is 0 Å². The molecule has 3 aromatic rings. The van der Waals surface area contributed by atoms with Crippen LogP contribution in [0.2, 0.25) is 13.1 Å². The molecule has 1 aliphatic rings. The van der Waals surface area contributed by atoms with E-state index in [2.05, 4.69) is 80.2 Å². The van der Waals surface area contributed by atoms with Crippen molar-refractivity contribution in [2.24, 2.45) is 7.05 Å². The van der Waals surface area contributed by atoms with Crippen LogP contribution in [0.15, 0.2) is 48.5 Å². The maximum Gasteiger partial charge on any atom is 0.269 e. The molecule has 0 amide bonds. The summed E-state index contributed by atoms with van der Waals surface area (Å²) >= 11 is 2.00. The van der Waals surface area contributed by atoms with Crippen molar-refractivity contribution in [3.63, 3.8) is 0 Å². The zero-order valence-electron chi connectivity index (χ0n) is 13.5. The highest BCUT2D eigenvalue weighted by Crippen LogP contribution is 2.33. The van der Waals surface area contributed by atoms with E-state index in [9.17, 15) is 0 Å². The van der Waals surface area contributed by atoms with E-state index in [1.807, 2.05) is 11.3 Å². The number of thiazole rings is 1. The summed E-state index contributed by atoms with van der Waals surface area (Å²) in [7, 11) is 0.681. The molecule has 0 saturated carbocycles. The van der Waals surface area contributed by atoms with Crippen LogP contribution in [0.3, 0.4) is 0 Å². The molecule has 0 saturated heterocycles. The number of fused-ring (bicyclic) bond motifs is 3. The predicted octanol–water partition coefficient (Wildman–Crippen LogP) is 3.35. The van der Waals surface area contributed by atoms with Crippen molar-refractivity contribution in [3.8, 4) is 21.8 Å². The first-order chi connectivity index (χ1) is 10.5. The minimum atomic E-state index is -1.54. The van der Waals surface area contributed by atoms with Crippen LogP contribution in [0.4, 0.5) is 0 Å². The Hall–Kier alpha value is -1.71. The maximum absolute atomic E-state index is 2.48. The fraction of sp³-hybridized carbons (Fsp3) is 0.211. The van der Waals surface area contributed by atoms with Crippen LogP contribution in [-0.2, 0) is 7.05 Å². The molecule has 1 nitrogen and oxygen atoms in total. The zero-order valence-corrected chi connectivity index (χ0v) is 15.3. The zero-order chi connectivity index (χ0) is 15.5. The number of aromatic nitrogens is 1. The Balaban J connectivity index is 2.03. The third-order valence-electron chi connectivity index (χ3n) is 4.85. The quantitative estimate of drug-likeness (QED) is 0.478. The average molecular weight is 323 g/mol. The molecule has 0 bridgehead atoms. The molecule has 3 heteroatoms. The summed E-state index contributed by atoms with van der Waals surface area (Å²) in [6.07, 6.45) is 0. The second-order valence-electron chi connectivity index (χ2n) is 6.63. The molecule has 2 aromatic carbocycles. The van der Waals surface area contributed by atoms with Crippen molar-refractivity contribution >= 4 is 29.1 Å². The Labute approximate surface area is 136 Å². The van der Waals surface area contributed by atoms with Gasteiger partial charge in [0, 0.05) is 5.56 Å². The molecule has 22 heavy (non-hydrogen) atoms. The van der Waals surface area contributed by atoms with Gasteiger partial charge in [0.2, 0.25) is 5.69 Å². The van der Waals surface area contributed by atoms with Gasteiger partial charge in [0.05, 0.1) is 10.1 Å². The molecule has 0 unspecified atom stereocenters. The van der Waals surface area contributed by atoms with Crippen molar-refractivity contribution in [1.29, 1.82) is 0 Å². The van der Waals surface area contributed by atoms with E-state index in [0.717, 1.165) is 0 Å². The van der Waals surface area contributed by atoms with Gasteiger partial charge in [-0.1, -0.05) is 60.8 Å². The van der Waals surface area contributed by atoms with E-state index < -0.39 is 8.07 Å². The van der Waals surface area contributed by atoms with Crippen molar-refractivity contribution in [2.75, 3.05) is 0 Å². The minimum absolute atomic E-state index is 1.35. The fourth-order valence-corrected chi connectivity index (χ4v) is 8.87. The first-order valence-electron chi connectivity index (χ1n) is 7.71. The summed E-state index contributed by atoms with van der Waals surface area (Å²) in [5.41, 5.74) is 5.63. The highest BCUT2D eigenvalue weighted by molar-refractivity contribution is 7.32. The Morgan fingerprint density at radius 1 is 0.909 bits per heavy atom. The number of hydrogen-bond acceptors (Lipinski definition) is 1. The Kier molecular flexibility index (Phi) is 2.93. The number of benzene rings is 2. The first-order valence-corrected chi connectivity index (χ1v) is 11.5. The molecule has 2 heterocycles. The van der Waals surface area contributed by atoms with Crippen LogP contribution in [-0.4, -0.2) is 8.07 Å². The molecule has 1 aromatic heterocycles. The Bertz CT molecular complexity index is 892. The number of nitrogens with zero attached hydrogens (tertiary/aromatic N) is 1. The second-order valence-corrected chi connectivity index (χ2v) is 12.3. The molecule has 1 aliphatic heterocycles. The summed E-state index contributed by atoms with van der Waals surface area (Å²) in [6, 6.07) is 17.7. The molecule has 0 fully saturated rings. The van der Waals surface area contributed by atoms with Crippen molar-refractivity contribution in [2.45, 2.75) is 20.0 Å². The molecule has 0 N–H and O–H groups in total. The molecular weight excluding hydrogens is 302 g/mol. The van der Waals surface area contributed by atoms with Crippen LogP contribution < -0.4 is 14.3 Å². The van der Waals surface area contributed by atoms with Gasteiger partial charge in [-0.15, -0.1) is 0 Å². The van der Waals surface area contributed by atoms with Crippen LogP contribution in [0.1, 0.15) is 5.56 Å². The molecule has 0 spiro atoms. The molecule has 4 rings (SSSR count). The summed E-state index contributed by atoms with van der Waals surface area (Å²) in [5, 5.41) is 2.97. The lowest BCUT2D eigenvalue weighted by Crippen LogP contribution is -2.48. The van der Waals surface area contributed by atoms with Crippen molar-refractivity contribution in [3.05, 3.63) is 54.1 Å². The van der Waals surface area contributed by atoms with E-state index in [4.69, 9.17) is 0 Å². The van der Waals surface area contributed by atoms with Gasteiger partial charge in [-0.25, -0.2) is 0 Å². The van der Waals surface area contributed by atoms with E-state index in [0.29, 0.717) is 0 Å². The third kappa shape index (κ3) is 1.72. The predicted molar refractivity (Wildman–Crippen MR) is 97.9 cm³/mol. The fourth-order valence-electron chi connectivity index (χ4n) is 3.60. The molecular formula is C19H20NSSi+. The SMILES string of the molecule is Cc1ccccc1-c1sc2c([n+]1C)-c1ccccc1[Si]2(C)C. The van der Waals surface area contributed by atoms with Gasteiger partial charge in [0.1, 0.15) is 15.1 Å². The van der Waals surface area contributed by atoms with Gasteiger partial charge in [0.25, 0.3) is 5.01 Å². The molecule has 110 valence electrons. The monoisotopic (exact) mass is 322 g/mol. The molecule has 0 atom stereocenters. The van der Waals surface area contributed by atoms with Crippen LogP contribution in [0, 0.1) is 6.92 Å². The van der Waals surface area contributed by atoms with E-state index >= 15 is 0 Å². The molecule has 0 aliphatic carbocycles. The second kappa shape index (κ2) is 4.64. The largest absolute Gasteiger partial charge is 0.269 e. The van der Waals surface area contributed by atoms with Gasteiger partial charge in [-0.3, -0.25) is 0 Å². The maximum atomic E-state index is 2.48. The summed E-state index contributed by atoms with van der Waals surface area (Å²) in [4.78, 5) is 0. The van der Waals surface area contributed by atoms with E-state index in [1.165, 1.54) is 27.4 Å². The Morgan fingerprint density at radius 2 is 1.55 bits per heavy atom. The first kappa shape index (κ1) is 13.9. The van der Waals surface area contributed by atoms with Crippen LogP contribution in [0.5, 0.6) is 0 Å². The normalized spacial score (nSPS) is 14.7. The summed E-state index contributed by atoms with van der Waals surface area (Å²) in [6.45, 7) is 7.17. The van der Waals surface area contributed by atoms with Gasteiger partial charge < -0.3 is 0 Å². The Morgan fingerprint density at radius 3 is 2.27 bits per heavy atom. The number of aryl methyl sites for hydroxylation is 1. The van der Waals surface area contributed by atoms with Crippen LogP contribution in [0.25, 0.3) is 21.8 Å². The van der Waals surface area contributed by atoms with Gasteiger partial charge in [-0.2, -0.15) is 4.57 Å². The highest BCUT2D eigenvalue weighted by Gasteiger charge is 2.46.